The first-order valence-electron chi connectivity index (χ1n) is 7.26. The van der Waals surface area contributed by atoms with Gasteiger partial charge in [-0.1, -0.05) is 6.07 Å². The van der Waals surface area contributed by atoms with Crippen molar-refractivity contribution in [1.82, 2.24) is 4.57 Å². The Morgan fingerprint density at radius 1 is 1.30 bits per heavy atom. The van der Waals surface area contributed by atoms with Crippen LogP contribution in [-0.4, -0.2) is 22.9 Å². The van der Waals surface area contributed by atoms with E-state index in [1.807, 2.05) is 0 Å². The van der Waals surface area contributed by atoms with Gasteiger partial charge in [0.2, 0.25) is 0 Å². The van der Waals surface area contributed by atoms with Crippen molar-refractivity contribution in [1.29, 1.82) is 0 Å². The molecule has 6 nitrogen and oxygen atoms in total. The van der Waals surface area contributed by atoms with Crippen molar-refractivity contribution < 1.29 is 14.3 Å². The third kappa shape index (κ3) is 2.75. The SMILES string of the molecule is Cc1cccn(C(C)C(=O)c2ccc3c(c2)NC(=O)CO3)c1=O. The third-order valence-corrected chi connectivity index (χ3v) is 3.86. The number of nitrogens with zero attached hydrogens (tertiary/aromatic N) is 1. The molecule has 1 unspecified atom stereocenters. The molecule has 1 N–H and O–H groups in total. The number of aryl methyl sites for hydroxylation is 1. The number of hydrogen-bond acceptors (Lipinski definition) is 4. The summed E-state index contributed by atoms with van der Waals surface area (Å²) in [5, 5.41) is 2.67. The maximum atomic E-state index is 12.7. The van der Waals surface area contributed by atoms with Crippen molar-refractivity contribution in [3.05, 3.63) is 58.0 Å². The molecule has 0 spiro atoms. The lowest BCUT2D eigenvalue weighted by atomic mass is 10.0. The Bertz CT molecular complexity index is 854. The molecule has 1 amide bonds. The van der Waals surface area contributed by atoms with Crippen molar-refractivity contribution in [3.63, 3.8) is 0 Å². The van der Waals surface area contributed by atoms with Crippen LogP contribution in [-0.2, 0) is 4.79 Å². The van der Waals surface area contributed by atoms with E-state index in [9.17, 15) is 14.4 Å². The summed E-state index contributed by atoms with van der Waals surface area (Å²) >= 11 is 0. The molecule has 0 aliphatic carbocycles. The summed E-state index contributed by atoms with van der Waals surface area (Å²) in [5.41, 5.74) is 1.27. The Morgan fingerprint density at radius 2 is 2.09 bits per heavy atom. The minimum absolute atomic E-state index is 0.0324. The highest BCUT2D eigenvalue weighted by Crippen LogP contribution is 2.29. The van der Waals surface area contributed by atoms with E-state index in [0.29, 0.717) is 22.6 Å². The number of hydrogen-bond donors (Lipinski definition) is 1. The molecule has 1 atom stereocenters. The van der Waals surface area contributed by atoms with Gasteiger partial charge in [0.1, 0.15) is 5.75 Å². The number of carbonyl (C=O) groups excluding carboxylic acids is 2. The number of fused-ring (bicyclic) bond motifs is 1. The Hall–Kier alpha value is -2.89. The zero-order valence-corrected chi connectivity index (χ0v) is 12.8. The van der Waals surface area contributed by atoms with Gasteiger partial charge in [-0.3, -0.25) is 14.4 Å². The average molecular weight is 312 g/mol. The standard InChI is InChI=1S/C17H16N2O4/c1-10-4-3-7-19(17(10)22)11(2)16(21)12-5-6-14-13(8-12)18-15(20)9-23-14/h3-8,11H,9H2,1-2H3,(H,18,20). The van der Waals surface area contributed by atoms with Gasteiger partial charge in [0.05, 0.1) is 11.7 Å². The van der Waals surface area contributed by atoms with E-state index in [1.54, 1.807) is 50.4 Å². The van der Waals surface area contributed by atoms with Crippen molar-refractivity contribution in [2.45, 2.75) is 19.9 Å². The lowest BCUT2D eigenvalue weighted by Crippen LogP contribution is -2.29. The molecule has 1 aliphatic rings. The zero-order valence-electron chi connectivity index (χ0n) is 12.8. The number of rotatable bonds is 3. The van der Waals surface area contributed by atoms with Crippen LogP contribution in [0.25, 0.3) is 0 Å². The first-order chi connectivity index (χ1) is 11.0. The van der Waals surface area contributed by atoms with Gasteiger partial charge in [-0.05, 0) is 38.1 Å². The summed E-state index contributed by atoms with van der Waals surface area (Å²) in [6.45, 7) is 3.36. The number of aromatic nitrogens is 1. The van der Waals surface area contributed by atoms with Crippen LogP contribution in [0.3, 0.4) is 0 Å². The van der Waals surface area contributed by atoms with Crippen LogP contribution in [0, 0.1) is 6.92 Å². The topological polar surface area (TPSA) is 77.4 Å². The highest BCUT2D eigenvalue weighted by molar-refractivity contribution is 6.02. The Labute approximate surface area is 132 Å². The first-order valence-corrected chi connectivity index (χ1v) is 7.26. The van der Waals surface area contributed by atoms with E-state index in [0.717, 1.165) is 0 Å². The van der Waals surface area contributed by atoms with E-state index in [1.165, 1.54) is 4.57 Å². The summed E-state index contributed by atoms with van der Waals surface area (Å²) in [6, 6.07) is 7.67. The third-order valence-electron chi connectivity index (χ3n) is 3.86. The Kier molecular flexibility index (Phi) is 3.73. The monoisotopic (exact) mass is 312 g/mol. The molecule has 3 rings (SSSR count). The molecular formula is C17H16N2O4. The summed E-state index contributed by atoms with van der Waals surface area (Å²) in [5.74, 6) is 0.0619. The summed E-state index contributed by atoms with van der Waals surface area (Å²) in [7, 11) is 0. The minimum Gasteiger partial charge on any atom is -0.482 e. The van der Waals surface area contributed by atoms with Gasteiger partial charge in [-0.2, -0.15) is 0 Å². The van der Waals surface area contributed by atoms with Gasteiger partial charge < -0.3 is 14.6 Å². The van der Waals surface area contributed by atoms with Gasteiger partial charge in [0.25, 0.3) is 11.5 Å². The van der Waals surface area contributed by atoms with Crippen LogP contribution in [0.2, 0.25) is 0 Å². The maximum Gasteiger partial charge on any atom is 0.262 e. The maximum absolute atomic E-state index is 12.7. The number of pyridine rings is 1. The Morgan fingerprint density at radius 3 is 2.87 bits per heavy atom. The average Bonchev–Trinajstić information content (AvgIpc) is 2.55. The predicted octanol–water partition coefficient (Wildman–Crippen LogP) is 1.93. The second-order valence-electron chi connectivity index (χ2n) is 5.49. The van der Waals surface area contributed by atoms with Gasteiger partial charge in [-0.25, -0.2) is 0 Å². The summed E-state index contributed by atoms with van der Waals surface area (Å²) in [4.78, 5) is 36.2. The zero-order chi connectivity index (χ0) is 16.6. The number of carbonyl (C=O) groups is 2. The number of nitrogens with one attached hydrogen (secondary N) is 1. The lowest BCUT2D eigenvalue weighted by molar-refractivity contribution is -0.118. The second kappa shape index (κ2) is 5.72. The minimum atomic E-state index is -0.638. The molecule has 1 aromatic carbocycles. The number of Topliss-reactive ketones (excluding diaryl/α,β-unsaturated/α-hetero) is 1. The van der Waals surface area contributed by atoms with Crippen LogP contribution in [0.1, 0.15) is 28.9 Å². The normalized spacial score (nSPS) is 14.4. The largest absolute Gasteiger partial charge is 0.482 e. The first kappa shape index (κ1) is 15.0. The van der Waals surface area contributed by atoms with E-state index in [-0.39, 0.29) is 23.9 Å². The van der Waals surface area contributed by atoms with Gasteiger partial charge in [0, 0.05) is 17.3 Å². The van der Waals surface area contributed by atoms with Crippen LogP contribution in [0.5, 0.6) is 5.75 Å². The number of benzene rings is 1. The smallest absolute Gasteiger partial charge is 0.262 e. The fourth-order valence-corrected chi connectivity index (χ4v) is 2.53. The molecule has 1 aliphatic heterocycles. The predicted molar refractivity (Wildman–Crippen MR) is 85.0 cm³/mol. The molecule has 2 heterocycles. The highest BCUT2D eigenvalue weighted by atomic mass is 16.5. The van der Waals surface area contributed by atoms with Gasteiger partial charge >= 0.3 is 0 Å². The quantitative estimate of drug-likeness (QED) is 0.879. The molecule has 118 valence electrons. The molecule has 23 heavy (non-hydrogen) atoms. The molecule has 2 aromatic rings. The molecule has 1 aromatic heterocycles. The number of ketones is 1. The molecular weight excluding hydrogens is 296 g/mol. The van der Waals surface area contributed by atoms with Crippen LogP contribution in [0.4, 0.5) is 5.69 Å². The van der Waals surface area contributed by atoms with Gasteiger partial charge in [0.15, 0.2) is 12.4 Å². The summed E-state index contributed by atoms with van der Waals surface area (Å²) < 4.78 is 6.68. The number of ether oxygens (including phenoxy) is 1. The van der Waals surface area contributed by atoms with Crippen molar-refractivity contribution in [2.75, 3.05) is 11.9 Å². The van der Waals surface area contributed by atoms with E-state index in [4.69, 9.17) is 4.74 Å². The van der Waals surface area contributed by atoms with E-state index < -0.39 is 6.04 Å². The van der Waals surface area contributed by atoms with Crippen molar-refractivity contribution in [3.8, 4) is 5.75 Å². The molecule has 0 saturated heterocycles. The fraction of sp³-hybridized carbons (Fsp3) is 0.235. The van der Waals surface area contributed by atoms with E-state index >= 15 is 0 Å². The molecule has 0 radical (unpaired) electrons. The van der Waals surface area contributed by atoms with Crippen LogP contribution >= 0.6 is 0 Å². The molecule has 0 bridgehead atoms. The lowest BCUT2D eigenvalue weighted by Gasteiger charge is -2.19. The molecule has 0 fully saturated rings. The number of anilines is 1. The number of amides is 1. The molecule has 6 heteroatoms. The van der Waals surface area contributed by atoms with E-state index in [2.05, 4.69) is 5.32 Å². The van der Waals surface area contributed by atoms with Crippen LogP contribution < -0.4 is 15.6 Å². The van der Waals surface area contributed by atoms with Gasteiger partial charge in [-0.15, -0.1) is 0 Å². The fourth-order valence-electron chi connectivity index (χ4n) is 2.53. The second-order valence-corrected chi connectivity index (χ2v) is 5.49. The Balaban J connectivity index is 1.94. The van der Waals surface area contributed by atoms with Crippen molar-refractivity contribution in [2.24, 2.45) is 0 Å². The highest BCUT2D eigenvalue weighted by Gasteiger charge is 2.22. The summed E-state index contributed by atoms with van der Waals surface area (Å²) in [6.07, 6.45) is 1.60. The molecule has 0 saturated carbocycles. The van der Waals surface area contributed by atoms with Crippen molar-refractivity contribution >= 4 is 17.4 Å². The van der Waals surface area contributed by atoms with Crippen LogP contribution in [0.15, 0.2) is 41.3 Å².